The van der Waals surface area contributed by atoms with Gasteiger partial charge in [0, 0.05) is 16.1 Å². The van der Waals surface area contributed by atoms with Gasteiger partial charge in [-0.2, -0.15) is 0 Å². The molecule has 2 rings (SSSR count). The third-order valence-electron chi connectivity index (χ3n) is 4.29. The summed E-state index contributed by atoms with van der Waals surface area (Å²) in [6.07, 6.45) is 6.76. The molecule has 1 N–H and O–H groups in total. The maximum Gasteiger partial charge on any atom is 0.328 e. The second kappa shape index (κ2) is 7.82. The van der Waals surface area contributed by atoms with E-state index in [2.05, 4.69) is 22.9 Å². The van der Waals surface area contributed by atoms with Crippen molar-refractivity contribution in [1.82, 2.24) is 0 Å². The molecule has 0 heterocycles. The smallest absolute Gasteiger partial charge is 0.328 e. The Morgan fingerprint density at radius 1 is 1.36 bits per heavy atom. The fraction of sp³-hybridized carbons (Fsp3) is 0.500. The lowest BCUT2D eigenvalue weighted by Crippen LogP contribution is -2.24. The number of carbonyl (C=O) groups is 1. The van der Waals surface area contributed by atoms with Gasteiger partial charge in [0.25, 0.3) is 0 Å². The van der Waals surface area contributed by atoms with E-state index in [9.17, 15) is 4.79 Å². The number of halogens is 1. The highest BCUT2D eigenvalue weighted by atomic mass is 79.9. The van der Waals surface area contributed by atoms with Crippen LogP contribution < -0.4 is 4.74 Å². The number of hydrogen-bond acceptors (Lipinski definition) is 2. The summed E-state index contributed by atoms with van der Waals surface area (Å²) in [5.74, 6) is 0.693. The van der Waals surface area contributed by atoms with Gasteiger partial charge in [0.2, 0.25) is 0 Å². The summed E-state index contributed by atoms with van der Waals surface area (Å²) in [7, 11) is 0. The fourth-order valence-corrected chi connectivity index (χ4v) is 3.42. The van der Waals surface area contributed by atoms with E-state index in [1.807, 2.05) is 25.1 Å². The average molecular weight is 367 g/mol. The molecule has 0 saturated heterocycles. The summed E-state index contributed by atoms with van der Waals surface area (Å²) in [4.78, 5) is 10.7. The highest BCUT2D eigenvalue weighted by molar-refractivity contribution is 9.10. The number of benzene rings is 1. The molecule has 22 heavy (non-hydrogen) atoms. The fourth-order valence-electron chi connectivity index (χ4n) is 3.07. The second-order valence-corrected chi connectivity index (χ2v) is 7.01. The molecule has 3 nitrogen and oxygen atoms in total. The van der Waals surface area contributed by atoms with E-state index in [-0.39, 0.29) is 6.10 Å². The van der Waals surface area contributed by atoms with Crippen LogP contribution in [0.3, 0.4) is 0 Å². The SMILES string of the molecule is C/C(=C\C(=O)O)C[C@H]1CC[C@H](Oc2cccc(Br)c2C)CC1. The standard InChI is InChI=1S/C18H23BrO3/c1-12(11-18(20)21)10-14-6-8-15(9-7-14)22-17-5-3-4-16(19)13(17)2/h3-5,11,14-15H,6-10H2,1-2H3,(H,20,21)/b12-11+/t14-,15-. The van der Waals surface area contributed by atoms with Crippen molar-refractivity contribution >= 4 is 21.9 Å². The number of carboxylic acids is 1. The van der Waals surface area contributed by atoms with Crippen LogP contribution in [0.15, 0.2) is 34.3 Å². The summed E-state index contributed by atoms with van der Waals surface area (Å²) in [5.41, 5.74) is 2.10. The Bertz CT molecular complexity index is 557. The molecule has 1 aromatic rings. The van der Waals surface area contributed by atoms with Gasteiger partial charge in [-0.05, 0) is 64.0 Å². The lowest BCUT2D eigenvalue weighted by Gasteiger charge is -2.29. The summed E-state index contributed by atoms with van der Waals surface area (Å²) in [6, 6.07) is 6.04. The normalized spacial score (nSPS) is 22.4. The molecule has 120 valence electrons. The van der Waals surface area contributed by atoms with Crippen molar-refractivity contribution in [3.8, 4) is 5.75 Å². The van der Waals surface area contributed by atoms with E-state index >= 15 is 0 Å². The molecule has 0 unspecified atom stereocenters. The largest absolute Gasteiger partial charge is 0.490 e. The molecule has 1 fully saturated rings. The second-order valence-electron chi connectivity index (χ2n) is 6.16. The Kier molecular flexibility index (Phi) is 6.07. The van der Waals surface area contributed by atoms with Gasteiger partial charge in [0.15, 0.2) is 0 Å². The summed E-state index contributed by atoms with van der Waals surface area (Å²) >= 11 is 3.53. The predicted octanol–water partition coefficient (Wildman–Crippen LogP) is 5.12. The molecule has 1 aromatic carbocycles. The van der Waals surface area contributed by atoms with Crippen LogP contribution in [-0.2, 0) is 4.79 Å². The Morgan fingerprint density at radius 3 is 2.68 bits per heavy atom. The Morgan fingerprint density at radius 2 is 2.05 bits per heavy atom. The molecule has 1 aliphatic rings. The third kappa shape index (κ3) is 4.87. The van der Waals surface area contributed by atoms with Gasteiger partial charge in [-0.15, -0.1) is 0 Å². The van der Waals surface area contributed by atoms with E-state index in [1.165, 1.54) is 6.08 Å². The van der Waals surface area contributed by atoms with Crippen molar-refractivity contribution in [2.45, 2.75) is 52.1 Å². The Hall–Kier alpha value is -1.29. The monoisotopic (exact) mass is 366 g/mol. The van der Waals surface area contributed by atoms with Gasteiger partial charge in [0.1, 0.15) is 5.75 Å². The molecular formula is C18H23BrO3. The molecule has 0 atom stereocenters. The van der Waals surface area contributed by atoms with Crippen LogP contribution in [-0.4, -0.2) is 17.2 Å². The molecule has 1 saturated carbocycles. The van der Waals surface area contributed by atoms with Crippen LogP contribution in [0.25, 0.3) is 0 Å². The zero-order chi connectivity index (χ0) is 16.1. The number of hydrogen-bond donors (Lipinski definition) is 1. The zero-order valence-corrected chi connectivity index (χ0v) is 14.7. The summed E-state index contributed by atoms with van der Waals surface area (Å²) in [6.45, 7) is 3.96. The molecule has 1 aliphatic carbocycles. The van der Waals surface area contributed by atoms with E-state index in [4.69, 9.17) is 9.84 Å². The number of ether oxygens (including phenoxy) is 1. The van der Waals surface area contributed by atoms with Crippen molar-refractivity contribution in [3.63, 3.8) is 0 Å². The summed E-state index contributed by atoms with van der Waals surface area (Å²) in [5, 5.41) is 8.77. The van der Waals surface area contributed by atoms with Gasteiger partial charge in [-0.3, -0.25) is 0 Å². The van der Waals surface area contributed by atoms with Crippen molar-refractivity contribution in [2.75, 3.05) is 0 Å². The average Bonchev–Trinajstić information content (AvgIpc) is 2.45. The molecule has 4 heteroatoms. The van der Waals surface area contributed by atoms with Crippen molar-refractivity contribution in [1.29, 1.82) is 0 Å². The molecule has 0 radical (unpaired) electrons. The lowest BCUT2D eigenvalue weighted by molar-refractivity contribution is -0.131. The Balaban J connectivity index is 1.85. The van der Waals surface area contributed by atoms with Crippen molar-refractivity contribution in [2.24, 2.45) is 5.92 Å². The maximum atomic E-state index is 10.7. The minimum absolute atomic E-state index is 0.271. The highest BCUT2D eigenvalue weighted by Gasteiger charge is 2.23. The van der Waals surface area contributed by atoms with Crippen molar-refractivity contribution < 1.29 is 14.6 Å². The summed E-state index contributed by atoms with van der Waals surface area (Å²) < 4.78 is 7.22. The van der Waals surface area contributed by atoms with Crippen LogP contribution in [0.1, 0.15) is 44.6 Å². The first-order valence-electron chi connectivity index (χ1n) is 7.77. The first-order chi connectivity index (χ1) is 10.5. The van der Waals surface area contributed by atoms with Gasteiger partial charge in [-0.25, -0.2) is 4.79 Å². The van der Waals surface area contributed by atoms with E-state index < -0.39 is 5.97 Å². The minimum atomic E-state index is -0.848. The zero-order valence-electron chi connectivity index (χ0n) is 13.1. The van der Waals surface area contributed by atoms with E-state index in [0.717, 1.165) is 53.5 Å². The van der Waals surface area contributed by atoms with Crippen LogP contribution in [0, 0.1) is 12.8 Å². The highest BCUT2D eigenvalue weighted by Crippen LogP contribution is 2.33. The van der Waals surface area contributed by atoms with Gasteiger partial charge in [-0.1, -0.05) is 27.6 Å². The number of aliphatic carboxylic acids is 1. The van der Waals surface area contributed by atoms with Gasteiger partial charge in [0.05, 0.1) is 6.10 Å². The van der Waals surface area contributed by atoms with Crippen LogP contribution in [0.2, 0.25) is 0 Å². The van der Waals surface area contributed by atoms with Gasteiger partial charge < -0.3 is 9.84 Å². The third-order valence-corrected chi connectivity index (χ3v) is 5.15. The minimum Gasteiger partial charge on any atom is -0.490 e. The molecule has 0 amide bonds. The molecule has 0 aliphatic heterocycles. The predicted molar refractivity (Wildman–Crippen MR) is 91.3 cm³/mol. The van der Waals surface area contributed by atoms with Crippen LogP contribution in [0.4, 0.5) is 0 Å². The van der Waals surface area contributed by atoms with E-state index in [0.29, 0.717) is 5.92 Å². The first kappa shape index (κ1) is 17.1. The van der Waals surface area contributed by atoms with E-state index in [1.54, 1.807) is 0 Å². The quantitative estimate of drug-likeness (QED) is 0.735. The maximum absolute atomic E-state index is 10.7. The number of carboxylic acid groups (broad SMARTS) is 1. The molecule has 0 aromatic heterocycles. The number of rotatable bonds is 5. The first-order valence-corrected chi connectivity index (χ1v) is 8.57. The van der Waals surface area contributed by atoms with Crippen LogP contribution in [0.5, 0.6) is 5.75 Å². The number of allylic oxidation sites excluding steroid dienone is 1. The van der Waals surface area contributed by atoms with Crippen molar-refractivity contribution in [3.05, 3.63) is 39.9 Å². The van der Waals surface area contributed by atoms with Gasteiger partial charge >= 0.3 is 5.97 Å². The topological polar surface area (TPSA) is 46.5 Å². The Labute approximate surface area is 140 Å². The molecular weight excluding hydrogens is 344 g/mol. The lowest BCUT2D eigenvalue weighted by atomic mass is 9.83. The molecule has 0 bridgehead atoms. The molecule has 0 spiro atoms. The van der Waals surface area contributed by atoms with Crippen LogP contribution >= 0.6 is 15.9 Å².